The van der Waals surface area contributed by atoms with E-state index in [0.717, 1.165) is 78.0 Å². The summed E-state index contributed by atoms with van der Waals surface area (Å²) in [7, 11) is 0. The van der Waals surface area contributed by atoms with Crippen molar-refractivity contribution in [3.8, 4) is 135 Å². The van der Waals surface area contributed by atoms with Crippen LogP contribution in [-0.2, 0) is 12.8 Å². The molecule has 0 amide bonds. The van der Waals surface area contributed by atoms with E-state index in [2.05, 4.69) is 19.9 Å². The molecule has 16 bridgehead atoms. The molecule has 0 fully saturated rings. The number of hydrogen-bond acceptors (Lipinski definition) is 14. The molecule has 2 atom stereocenters. The molecule has 0 saturated carbocycles. The van der Waals surface area contributed by atoms with E-state index in [1.54, 1.807) is 133 Å². The predicted molar refractivity (Wildman–Crippen MR) is 414 cm³/mol. The van der Waals surface area contributed by atoms with Crippen LogP contribution >= 0.6 is 0 Å². The Hall–Kier alpha value is -14.2. The minimum atomic E-state index is -1.48. The van der Waals surface area contributed by atoms with Crippen molar-refractivity contribution in [2.75, 3.05) is 0 Å². The molecule has 18 nitrogen and oxygen atoms in total. The van der Waals surface area contributed by atoms with Crippen LogP contribution in [0.2, 0.25) is 0 Å². The lowest BCUT2D eigenvalue weighted by molar-refractivity contribution is 0.0260. The summed E-state index contributed by atoms with van der Waals surface area (Å²) in [5.41, 5.74) is 21.3. The number of fused-ring (bicyclic) bond motifs is 16. The summed E-state index contributed by atoms with van der Waals surface area (Å²) in [6.45, 7) is 0. The second kappa shape index (κ2) is 26.6. The van der Waals surface area contributed by atoms with Crippen LogP contribution in [0.15, 0.2) is 243 Å². The van der Waals surface area contributed by atoms with E-state index in [1.807, 2.05) is 133 Å². The second-order valence-corrected chi connectivity index (χ2v) is 26.3. The number of aliphatic hydroxyl groups excluding tert-OH is 2. The van der Waals surface area contributed by atoms with Crippen LogP contribution < -0.4 is 0 Å². The zero-order valence-corrected chi connectivity index (χ0v) is 56.2. The molecule has 8 aromatic carbocycles. The van der Waals surface area contributed by atoms with Crippen LogP contribution in [0.1, 0.15) is 57.8 Å². The molecule has 106 heavy (non-hydrogen) atoms. The molecule has 0 aliphatic carbocycles. The summed E-state index contributed by atoms with van der Waals surface area (Å²) >= 11 is 0. The second-order valence-electron chi connectivity index (χ2n) is 26.3. The summed E-state index contributed by atoms with van der Waals surface area (Å²) in [5, 5.41) is 108. The van der Waals surface area contributed by atoms with Crippen molar-refractivity contribution in [3.05, 3.63) is 288 Å². The number of nitrogens with zero attached hydrogens (tertiary/aromatic N) is 4. The number of phenolic OH excluding ortho intramolecular Hbond substituents is 8. The topological polar surface area (TPSA) is 317 Å². The van der Waals surface area contributed by atoms with Crippen LogP contribution in [0.25, 0.3) is 157 Å². The van der Waals surface area contributed by atoms with Gasteiger partial charge in [-0.2, -0.15) is 0 Å². The smallest absolute Gasteiger partial charge is 0.128 e. The fraction of sp³-hybridized carbons (Fsp3) is 0.0455. The number of H-pyrrole nitrogens is 4. The molecule has 18 rings (SSSR count). The zero-order chi connectivity index (χ0) is 72.4. The molecule has 2 unspecified atom stereocenters. The highest BCUT2D eigenvalue weighted by atomic mass is 16.3. The van der Waals surface area contributed by atoms with E-state index >= 15 is 0 Å². The SMILES string of the molecule is Oc1cccc(-c2c3nc(c(-c4cccc(O)c4)c4ccc([nH]4)c(-c4cccc(O)c4)c4nc(c(-c5cccc(O)c5)c5ccc2[nH]5)C(O)C4O)C=C3)c1.Oc1cccc(-c2c3nc(c(-c4cccc(O)c4)c4ccc([nH]4)c(-c4cccc(O)c4)c4nc(c(-c5cccc(O)c5)c5ccc2[nH]5)CC4)C=C3)c1. The van der Waals surface area contributed by atoms with Crippen molar-refractivity contribution in [2.24, 2.45) is 0 Å². The van der Waals surface area contributed by atoms with Crippen LogP contribution in [0.3, 0.4) is 0 Å². The van der Waals surface area contributed by atoms with Crippen molar-refractivity contribution in [2.45, 2.75) is 25.0 Å². The number of rotatable bonds is 8. The van der Waals surface area contributed by atoms with Gasteiger partial charge in [0.25, 0.3) is 0 Å². The monoisotopic (exact) mass is 1390 g/mol. The molecule has 18 heteroatoms. The van der Waals surface area contributed by atoms with Crippen LogP contribution in [0, 0.1) is 0 Å². The fourth-order valence-electron chi connectivity index (χ4n) is 14.8. The first kappa shape index (κ1) is 65.1. The molecule has 10 heterocycles. The van der Waals surface area contributed by atoms with Gasteiger partial charge in [0.05, 0.1) is 45.6 Å². The summed E-state index contributed by atoms with van der Waals surface area (Å²) in [6.07, 6.45) is 6.04. The van der Waals surface area contributed by atoms with E-state index in [1.165, 1.54) is 0 Å². The summed E-state index contributed by atoms with van der Waals surface area (Å²) in [4.78, 5) is 35.0. The van der Waals surface area contributed by atoms with Gasteiger partial charge in [-0.05, 0) is 227 Å². The Kier molecular flexibility index (Phi) is 16.4. The third kappa shape index (κ3) is 12.2. The number of phenols is 8. The molecular weight excluding hydrogens is 1330 g/mol. The average molecular weight is 1390 g/mol. The molecule has 4 aliphatic heterocycles. The lowest BCUT2D eigenvalue weighted by Crippen LogP contribution is -2.05. The number of aromatic amines is 4. The summed E-state index contributed by atoms with van der Waals surface area (Å²) in [5.74, 6) is 0.718. The highest BCUT2D eigenvalue weighted by molar-refractivity contribution is 6.01. The Bertz CT molecular complexity index is 5990. The van der Waals surface area contributed by atoms with Gasteiger partial charge in [-0.15, -0.1) is 0 Å². The summed E-state index contributed by atoms with van der Waals surface area (Å²) < 4.78 is 0. The van der Waals surface area contributed by atoms with Crippen molar-refractivity contribution in [1.82, 2.24) is 39.9 Å². The lowest BCUT2D eigenvalue weighted by Gasteiger charge is -2.13. The number of aryl methyl sites for hydroxylation is 2. The largest absolute Gasteiger partial charge is 0.508 e. The third-order valence-electron chi connectivity index (χ3n) is 19.3. The lowest BCUT2D eigenvalue weighted by atomic mass is 9.97. The van der Waals surface area contributed by atoms with Crippen LogP contribution in [-0.4, -0.2) is 90.9 Å². The van der Waals surface area contributed by atoms with Gasteiger partial charge in [-0.3, -0.25) is 9.97 Å². The van der Waals surface area contributed by atoms with Crippen molar-refractivity contribution >= 4 is 68.4 Å². The Balaban J connectivity index is 0.000000156. The first-order valence-electron chi connectivity index (χ1n) is 34.2. The van der Waals surface area contributed by atoms with Crippen molar-refractivity contribution in [3.63, 3.8) is 0 Å². The molecule has 0 spiro atoms. The molecule has 0 radical (unpaired) electrons. The van der Waals surface area contributed by atoms with E-state index in [-0.39, 0.29) is 57.4 Å². The van der Waals surface area contributed by atoms with Crippen molar-refractivity contribution < 1.29 is 51.1 Å². The first-order valence-corrected chi connectivity index (χ1v) is 34.2. The molecule has 4 aliphatic rings. The van der Waals surface area contributed by atoms with Gasteiger partial charge in [0.15, 0.2) is 0 Å². The highest BCUT2D eigenvalue weighted by Gasteiger charge is 2.35. The van der Waals surface area contributed by atoms with Gasteiger partial charge >= 0.3 is 0 Å². The Labute approximate surface area is 604 Å². The number of benzene rings is 8. The number of aromatic nitrogens is 8. The van der Waals surface area contributed by atoms with Gasteiger partial charge < -0.3 is 71.0 Å². The van der Waals surface area contributed by atoms with E-state index in [9.17, 15) is 51.1 Å². The number of aromatic hydroxyl groups is 8. The molecule has 0 saturated heterocycles. The standard InChI is InChI=1S/C44H32N4O6.C44H32N4O4/c49-27-9-1-5-23(19-27)37-31-13-14-32(45-31)38(24-6-2-10-28(50)20-24)34-16-18-36(47-34)40(26-8-4-12-30(52)22-26)42-44(54)43(53)41(48-42)39(35-17-15-33(37)46-35)25-7-3-11-29(51)21-25;49-29-9-1-5-25(21-29)41-33-13-15-35(45-33)42(26-6-2-10-30(50)22-26)37-17-19-39(47-37)44(28-8-4-12-32(52)24-28)40-20-18-38(48-40)43(36-16-14-34(41)46-36)27-7-3-11-31(51)23-27/h1-22,43-44,46-47,49-54H;1-17,19,21-24,46-47,49-52H,18,20H2. The maximum Gasteiger partial charge on any atom is 0.128 e. The Morgan fingerprint density at radius 1 is 0.226 bits per heavy atom. The van der Waals surface area contributed by atoms with E-state index in [4.69, 9.17) is 19.9 Å². The third-order valence-corrected chi connectivity index (χ3v) is 19.3. The Morgan fingerprint density at radius 3 is 0.651 bits per heavy atom. The number of hydrogen-bond donors (Lipinski definition) is 14. The number of nitrogens with one attached hydrogen (secondary N) is 4. The molecular formula is C88H64N8O10. The molecule has 516 valence electrons. The van der Waals surface area contributed by atoms with Gasteiger partial charge in [0.2, 0.25) is 0 Å². The van der Waals surface area contributed by atoms with E-state index in [0.29, 0.717) is 102 Å². The summed E-state index contributed by atoms with van der Waals surface area (Å²) in [6, 6.07) is 71.0. The quantitative estimate of drug-likeness (QED) is 0.0673. The van der Waals surface area contributed by atoms with Gasteiger partial charge in [0, 0.05) is 88.6 Å². The minimum Gasteiger partial charge on any atom is -0.508 e. The molecule has 14 aromatic rings. The van der Waals surface area contributed by atoms with Gasteiger partial charge in [-0.1, -0.05) is 97.1 Å². The number of aliphatic hydroxyl groups is 2. The first-order chi connectivity index (χ1) is 51.6. The van der Waals surface area contributed by atoms with Gasteiger partial charge in [0.1, 0.15) is 58.2 Å². The maximum atomic E-state index is 11.9. The highest BCUT2D eigenvalue weighted by Crippen LogP contribution is 2.47. The van der Waals surface area contributed by atoms with Gasteiger partial charge in [-0.25, -0.2) is 9.97 Å². The van der Waals surface area contributed by atoms with Crippen molar-refractivity contribution in [1.29, 1.82) is 0 Å². The van der Waals surface area contributed by atoms with Crippen LogP contribution in [0.4, 0.5) is 0 Å². The Morgan fingerprint density at radius 2 is 0.425 bits per heavy atom. The zero-order valence-electron chi connectivity index (χ0n) is 56.2. The minimum absolute atomic E-state index is 0.00185. The molecule has 14 N–H and O–H groups in total. The van der Waals surface area contributed by atoms with E-state index < -0.39 is 12.2 Å². The normalized spacial score (nSPS) is 13.7. The fourth-order valence-corrected chi connectivity index (χ4v) is 14.8. The molecule has 6 aromatic heterocycles. The van der Waals surface area contributed by atoms with Crippen LogP contribution in [0.5, 0.6) is 46.0 Å². The average Bonchev–Trinajstić information content (AvgIpc) is 1.60. The maximum absolute atomic E-state index is 11.9. The predicted octanol–water partition coefficient (Wildman–Crippen LogP) is 18.5.